The highest BCUT2D eigenvalue weighted by molar-refractivity contribution is 9.10. The zero-order valence-corrected chi connectivity index (χ0v) is 12.1. The molecule has 0 radical (unpaired) electrons. The molecule has 0 fully saturated rings. The zero-order valence-electron chi connectivity index (χ0n) is 9.76. The Hall–Kier alpha value is -1.28. The van der Waals surface area contributed by atoms with Gasteiger partial charge in [-0.05, 0) is 18.2 Å². The molecule has 0 spiro atoms. The number of ether oxygens (including phenoxy) is 1. The molecule has 0 atom stereocenters. The average molecular weight is 375 g/mol. The highest BCUT2D eigenvalue weighted by Gasteiger charge is 2.27. The van der Waals surface area contributed by atoms with Crippen molar-refractivity contribution < 1.29 is 27.5 Å². The van der Waals surface area contributed by atoms with Crippen molar-refractivity contribution in [1.82, 2.24) is 5.32 Å². The molecule has 1 aromatic rings. The van der Waals surface area contributed by atoms with Gasteiger partial charge < -0.3 is 10.1 Å². The van der Waals surface area contributed by atoms with Gasteiger partial charge in [-0.1, -0.05) is 27.5 Å². The van der Waals surface area contributed by atoms with Crippen LogP contribution in [0.1, 0.15) is 10.4 Å². The van der Waals surface area contributed by atoms with Crippen molar-refractivity contribution in [2.24, 2.45) is 0 Å². The number of rotatable bonds is 4. The van der Waals surface area contributed by atoms with Crippen molar-refractivity contribution in [2.75, 3.05) is 13.2 Å². The number of carbonyl (C=O) groups is 2. The van der Waals surface area contributed by atoms with Gasteiger partial charge in [0.25, 0.3) is 5.91 Å². The van der Waals surface area contributed by atoms with Gasteiger partial charge in [-0.2, -0.15) is 13.2 Å². The number of amides is 1. The van der Waals surface area contributed by atoms with E-state index in [0.29, 0.717) is 4.47 Å². The smallest absolute Gasteiger partial charge is 0.405 e. The van der Waals surface area contributed by atoms with Crippen molar-refractivity contribution in [3.05, 3.63) is 33.3 Å². The van der Waals surface area contributed by atoms with E-state index in [0.717, 1.165) is 0 Å². The van der Waals surface area contributed by atoms with Crippen molar-refractivity contribution >= 4 is 39.4 Å². The molecule has 1 rings (SSSR count). The predicted octanol–water partition coefficient (Wildman–Crippen LogP) is 2.94. The molecule has 0 unspecified atom stereocenters. The molecule has 0 heterocycles. The Balaban J connectivity index is 2.51. The van der Waals surface area contributed by atoms with E-state index in [2.05, 4.69) is 20.7 Å². The molecule has 9 heteroatoms. The largest absolute Gasteiger partial charge is 0.452 e. The van der Waals surface area contributed by atoms with Crippen LogP contribution in [0.15, 0.2) is 22.7 Å². The molecule has 0 bridgehead atoms. The van der Waals surface area contributed by atoms with Gasteiger partial charge in [-0.3, -0.25) is 4.79 Å². The summed E-state index contributed by atoms with van der Waals surface area (Å²) in [4.78, 5) is 22.6. The molecule has 1 N–H and O–H groups in total. The highest BCUT2D eigenvalue weighted by atomic mass is 79.9. The van der Waals surface area contributed by atoms with Crippen molar-refractivity contribution in [2.45, 2.75) is 6.18 Å². The second kappa shape index (κ2) is 6.94. The summed E-state index contributed by atoms with van der Waals surface area (Å²) < 4.78 is 40.6. The number of halogens is 5. The predicted molar refractivity (Wildman–Crippen MR) is 68.5 cm³/mol. The molecule has 0 aliphatic carbocycles. The minimum atomic E-state index is -4.52. The summed E-state index contributed by atoms with van der Waals surface area (Å²) >= 11 is 8.88. The number of alkyl halides is 3. The first-order valence-electron chi connectivity index (χ1n) is 5.14. The number of nitrogens with one attached hydrogen (secondary N) is 1. The van der Waals surface area contributed by atoms with Crippen LogP contribution in [0, 0.1) is 0 Å². The van der Waals surface area contributed by atoms with Crippen LogP contribution < -0.4 is 5.32 Å². The van der Waals surface area contributed by atoms with E-state index in [1.807, 2.05) is 0 Å². The van der Waals surface area contributed by atoms with E-state index >= 15 is 0 Å². The summed E-state index contributed by atoms with van der Waals surface area (Å²) in [7, 11) is 0. The van der Waals surface area contributed by atoms with E-state index in [1.54, 1.807) is 11.4 Å². The normalized spacial score (nSPS) is 11.1. The topological polar surface area (TPSA) is 55.4 Å². The fourth-order valence-electron chi connectivity index (χ4n) is 1.11. The van der Waals surface area contributed by atoms with E-state index < -0.39 is 31.2 Å². The molecule has 0 saturated carbocycles. The van der Waals surface area contributed by atoms with Crippen LogP contribution >= 0.6 is 27.5 Å². The Morgan fingerprint density at radius 3 is 2.60 bits per heavy atom. The molecule has 1 aromatic carbocycles. The van der Waals surface area contributed by atoms with Gasteiger partial charge in [0.1, 0.15) is 6.54 Å². The second-order valence-corrected chi connectivity index (χ2v) is 4.92. The van der Waals surface area contributed by atoms with E-state index in [-0.39, 0.29) is 10.6 Å². The van der Waals surface area contributed by atoms with Crippen LogP contribution in [0.5, 0.6) is 0 Å². The standard InChI is InChI=1S/C11H8BrClF3NO3/c12-6-1-2-8(13)7(3-6)10(19)20-4-9(18)17-5-11(14,15)16/h1-3H,4-5H2,(H,17,18). The molecule has 20 heavy (non-hydrogen) atoms. The Bertz CT molecular complexity index is 522. The summed E-state index contributed by atoms with van der Waals surface area (Å²) in [5.74, 6) is -1.96. The molecule has 4 nitrogen and oxygen atoms in total. The summed E-state index contributed by atoms with van der Waals surface area (Å²) in [6.45, 7) is -2.31. The van der Waals surface area contributed by atoms with E-state index in [1.165, 1.54) is 12.1 Å². The van der Waals surface area contributed by atoms with E-state index in [9.17, 15) is 22.8 Å². The lowest BCUT2D eigenvalue weighted by molar-refractivity contribution is -0.140. The van der Waals surface area contributed by atoms with Crippen LogP contribution in [0.3, 0.4) is 0 Å². The van der Waals surface area contributed by atoms with Gasteiger partial charge in [-0.25, -0.2) is 4.79 Å². The van der Waals surface area contributed by atoms with Crippen LogP contribution in [0.2, 0.25) is 5.02 Å². The van der Waals surface area contributed by atoms with Gasteiger partial charge in [0.05, 0.1) is 10.6 Å². The second-order valence-electron chi connectivity index (χ2n) is 3.59. The molecule has 0 aliphatic heterocycles. The number of benzene rings is 1. The fraction of sp³-hybridized carbons (Fsp3) is 0.273. The summed E-state index contributed by atoms with van der Waals surface area (Å²) in [6, 6.07) is 4.40. The third kappa shape index (κ3) is 5.79. The van der Waals surface area contributed by atoms with Gasteiger partial charge in [-0.15, -0.1) is 0 Å². The summed E-state index contributed by atoms with van der Waals surface area (Å²) in [6.07, 6.45) is -4.52. The van der Waals surface area contributed by atoms with Gasteiger partial charge in [0.15, 0.2) is 6.61 Å². The molecule has 0 aromatic heterocycles. The Morgan fingerprint density at radius 2 is 2.00 bits per heavy atom. The van der Waals surface area contributed by atoms with E-state index in [4.69, 9.17) is 11.6 Å². The Labute approximate surface area is 125 Å². The monoisotopic (exact) mass is 373 g/mol. The van der Waals surface area contributed by atoms with Gasteiger partial charge in [0, 0.05) is 4.47 Å². The summed E-state index contributed by atoms with van der Waals surface area (Å²) in [5, 5.41) is 1.68. The molecular formula is C11H8BrClF3NO3. The maximum atomic E-state index is 11.8. The zero-order chi connectivity index (χ0) is 15.3. The molecule has 0 saturated heterocycles. The Kier molecular flexibility index (Phi) is 5.82. The van der Waals surface area contributed by atoms with Gasteiger partial charge >= 0.3 is 12.1 Å². The first-order valence-corrected chi connectivity index (χ1v) is 6.32. The highest BCUT2D eigenvalue weighted by Crippen LogP contribution is 2.21. The maximum absolute atomic E-state index is 11.8. The molecule has 1 amide bonds. The lowest BCUT2D eigenvalue weighted by Gasteiger charge is -2.09. The maximum Gasteiger partial charge on any atom is 0.405 e. The lowest BCUT2D eigenvalue weighted by atomic mass is 10.2. The number of carbonyl (C=O) groups excluding carboxylic acids is 2. The minimum Gasteiger partial charge on any atom is -0.452 e. The number of esters is 1. The number of hydrogen-bond donors (Lipinski definition) is 1. The van der Waals surface area contributed by atoms with Crippen LogP contribution in [-0.4, -0.2) is 31.2 Å². The first-order chi connectivity index (χ1) is 9.19. The lowest BCUT2D eigenvalue weighted by Crippen LogP contribution is -2.36. The molecule has 110 valence electrons. The minimum absolute atomic E-state index is 0.00432. The third-order valence-corrected chi connectivity index (χ3v) is 2.79. The van der Waals surface area contributed by atoms with Crippen molar-refractivity contribution in [3.8, 4) is 0 Å². The SMILES string of the molecule is O=C(COC(=O)c1cc(Br)ccc1Cl)NCC(F)(F)F. The quantitative estimate of drug-likeness (QED) is 0.825. The Morgan fingerprint density at radius 1 is 1.35 bits per heavy atom. The molecule has 0 aliphatic rings. The van der Waals surface area contributed by atoms with Crippen molar-refractivity contribution in [1.29, 1.82) is 0 Å². The first kappa shape index (κ1) is 16.8. The van der Waals surface area contributed by atoms with Crippen molar-refractivity contribution in [3.63, 3.8) is 0 Å². The average Bonchev–Trinajstić information content (AvgIpc) is 2.35. The fourth-order valence-corrected chi connectivity index (χ4v) is 1.67. The molecular weight excluding hydrogens is 366 g/mol. The third-order valence-electron chi connectivity index (χ3n) is 1.97. The summed E-state index contributed by atoms with van der Waals surface area (Å²) in [5.41, 5.74) is 0.00432. The van der Waals surface area contributed by atoms with Crippen LogP contribution in [0.25, 0.3) is 0 Å². The number of hydrogen-bond acceptors (Lipinski definition) is 3. The van der Waals surface area contributed by atoms with Crippen LogP contribution in [-0.2, 0) is 9.53 Å². The van der Waals surface area contributed by atoms with Crippen LogP contribution in [0.4, 0.5) is 13.2 Å². The van der Waals surface area contributed by atoms with Gasteiger partial charge in [0.2, 0.25) is 0 Å².